The van der Waals surface area contributed by atoms with Gasteiger partial charge in [0.15, 0.2) is 0 Å². The summed E-state index contributed by atoms with van der Waals surface area (Å²) in [6.45, 7) is 1.85. The Labute approximate surface area is 121 Å². The van der Waals surface area contributed by atoms with Crippen LogP contribution in [0.4, 0.5) is 0 Å². The Kier molecular flexibility index (Phi) is 4.39. The second-order valence-corrected chi connectivity index (χ2v) is 6.37. The average molecular weight is 275 g/mol. The maximum atomic E-state index is 10.3. The molecule has 1 aromatic rings. The standard InChI is InChI=1S/C17H25NO2/c19-17(10-11-20-13-17)12-18-16-8-6-15(7-9-16)14-4-2-1-3-5-14/h1-5,15-16,18-19H,6-13H2. The molecule has 1 unspecified atom stereocenters. The molecule has 20 heavy (non-hydrogen) atoms. The second kappa shape index (κ2) is 6.25. The van der Waals surface area contributed by atoms with E-state index in [0.717, 1.165) is 6.42 Å². The molecule has 1 heterocycles. The summed E-state index contributed by atoms with van der Waals surface area (Å²) >= 11 is 0. The lowest BCUT2D eigenvalue weighted by Crippen LogP contribution is -2.45. The summed E-state index contributed by atoms with van der Waals surface area (Å²) in [5.41, 5.74) is 0.852. The van der Waals surface area contributed by atoms with Crippen molar-refractivity contribution in [2.75, 3.05) is 19.8 Å². The van der Waals surface area contributed by atoms with Gasteiger partial charge >= 0.3 is 0 Å². The number of hydrogen-bond donors (Lipinski definition) is 2. The Morgan fingerprint density at radius 3 is 2.55 bits per heavy atom. The molecule has 0 radical (unpaired) electrons. The first-order chi connectivity index (χ1) is 9.75. The summed E-state index contributed by atoms with van der Waals surface area (Å²) in [5.74, 6) is 0.715. The van der Waals surface area contributed by atoms with E-state index in [1.54, 1.807) is 0 Å². The summed E-state index contributed by atoms with van der Waals surface area (Å²) in [7, 11) is 0. The Morgan fingerprint density at radius 1 is 1.15 bits per heavy atom. The van der Waals surface area contributed by atoms with Gasteiger partial charge in [-0.25, -0.2) is 0 Å². The zero-order valence-corrected chi connectivity index (χ0v) is 12.1. The molecule has 0 aromatic heterocycles. The Bertz CT molecular complexity index is 406. The normalized spacial score (nSPS) is 34.2. The minimum absolute atomic E-state index is 0.485. The maximum Gasteiger partial charge on any atom is 0.102 e. The summed E-state index contributed by atoms with van der Waals surface area (Å²) in [6.07, 6.45) is 5.67. The highest BCUT2D eigenvalue weighted by atomic mass is 16.5. The van der Waals surface area contributed by atoms with Crippen molar-refractivity contribution in [3.8, 4) is 0 Å². The quantitative estimate of drug-likeness (QED) is 0.887. The van der Waals surface area contributed by atoms with E-state index in [9.17, 15) is 5.11 Å². The van der Waals surface area contributed by atoms with Gasteiger partial charge in [0.1, 0.15) is 5.60 Å². The van der Waals surface area contributed by atoms with Crippen LogP contribution in [0.15, 0.2) is 30.3 Å². The van der Waals surface area contributed by atoms with E-state index in [-0.39, 0.29) is 0 Å². The number of aliphatic hydroxyl groups is 1. The van der Waals surface area contributed by atoms with Crippen molar-refractivity contribution in [2.45, 2.75) is 49.7 Å². The lowest BCUT2D eigenvalue weighted by atomic mass is 9.81. The van der Waals surface area contributed by atoms with Crippen LogP contribution in [-0.4, -0.2) is 36.5 Å². The van der Waals surface area contributed by atoms with Crippen LogP contribution in [0, 0.1) is 0 Å². The van der Waals surface area contributed by atoms with Crippen molar-refractivity contribution < 1.29 is 9.84 Å². The molecule has 2 fully saturated rings. The molecule has 1 aliphatic heterocycles. The van der Waals surface area contributed by atoms with E-state index >= 15 is 0 Å². The Balaban J connectivity index is 1.44. The molecule has 110 valence electrons. The van der Waals surface area contributed by atoms with Gasteiger partial charge in [-0.3, -0.25) is 0 Å². The van der Waals surface area contributed by atoms with Crippen molar-refractivity contribution in [1.29, 1.82) is 0 Å². The summed E-state index contributed by atoms with van der Waals surface area (Å²) in [6, 6.07) is 11.4. The Morgan fingerprint density at radius 2 is 1.90 bits per heavy atom. The minimum atomic E-state index is -0.629. The van der Waals surface area contributed by atoms with Crippen LogP contribution in [0.2, 0.25) is 0 Å². The van der Waals surface area contributed by atoms with Gasteiger partial charge in [-0.1, -0.05) is 30.3 Å². The molecular weight excluding hydrogens is 250 g/mol. The van der Waals surface area contributed by atoms with Gasteiger partial charge in [0, 0.05) is 25.6 Å². The van der Waals surface area contributed by atoms with Crippen molar-refractivity contribution >= 4 is 0 Å². The molecule has 1 saturated carbocycles. The predicted molar refractivity (Wildman–Crippen MR) is 79.8 cm³/mol. The van der Waals surface area contributed by atoms with E-state index in [1.165, 1.54) is 31.2 Å². The fourth-order valence-corrected chi connectivity index (χ4v) is 3.43. The minimum Gasteiger partial charge on any atom is -0.386 e. The van der Waals surface area contributed by atoms with E-state index in [4.69, 9.17) is 4.74 Å². The smallest absolute Gasteiger partial charge is 0.102 e. The molecule has 1 aromatic carbocycles. The van der Waals surface area contributed by atoms with Crippen molar-refractivity contribution in [1.82, 2.24) is 5.32 Å². The third-order valence-electron chi connectivity index (χ3n) is 4.80. The highest BCUT2D eigenvalue weighted by Crippen LogP contribution is 2.32. The summed E-state index contributed by atoms with van der Waals surface area (Å²) < 4.78 is 5.28. The molecule has 3 rings (SSSR count). The average Bonchev–Trinajstić information content (AvgIpc) is 2.94. The van der Waals surface area contributed by atoms with Crippen LogP contribution in [-0.2, 0) is 4.74 Å². The molecule has 0 spiro atoms. The number of nitrogens with one attached hydrogen (secondary N) is 1. The zero-order valence-electron chi connectivity index (χ0n) is 12.1. The molecule has 0 amide bonds. The van der Waals surface area contributed by atoms with Gasteiger partial charge in [-0.2, -0.15) is 0 Å². The number of hydrogen-bond acceptors (Lipinski definition) is 3. The summed E-state index contributed by atoms with van der Waals surface area (Å²) in [4.78, 5) is 0. The topological polar surface area (TPSA) is 41.5 Å². The first-order valence-electron chi connectivity index (χ1n) is 7.84. The van der Waals surface area contributed by atoms with Crippen molar-refractivity contribution in [3.05, 3.63) is 35.9 Å². The van der Waals surface area contributed by atoms with Gasteiger partial charge in [-0.15, -0.1) is 0 Å². The van der Waals surface area contributed by atoms with Crippen LogP contribution in [0.1, 0.15) is 43.6 Å². The van der Waals surface area contributed by atoms with E-state index < -0.39 is 5.60 Å². The van der Waals surface area contributed by atoms with Crippen molar-refractivity contribution in [2.24, 2.45) is 0 Å². The lowest BCUT2D eigenvalue weighted by molar-refractivity contribution is 0.0236. The van der Waals surface area contributed by atoms with Crippen LogP contribution < -0.4 is 5.32 Å². The first kappa shape index (κ1) is 14.1. The maximum absolute atomic E-state index is 10.3. The third kappa shape index (κ3) is 3.40. The number of ether oxygens (including phenoxy) is 1. The van der Waals surface area contributed by atoms with E-state index in [1.807, 2.05) is 0 Å². The molecule has 2 aliphatic rings. The van der Waals surface area contributed by atoms with Gasteiger partial charge in [0.05, 0.1) is 6.61 Å². The number of benzene rings is 1. The van der Waals surface area contributed by atoms with Crippen LogP contribution in [0.5, 0.6) is 0 Å². The van der Waals surface area contributed by atoms with E-state index in [0.29, 0.717) is 31.7 Å². The molecule has 1 aliphatic carbocycles. The molecule has 2 N–H and O–H groups in total. The molecular formula is C17H25NO2. The second-order valence-electron chi connectivity index (χ2n) is 6.37. The monoisotopic (exact) mass is 275 g/mol. The summed E-state index contributed by atoms with van der Waals surface area (Å²) in [5, 5.41) is 13.8. The lowest BCUT2D eigenvalue weighted by Gasteiger charge is -2.31. The van der Waals surface area contributed by atoms with Gasteiger partial charge in [-0.05, 0) is 37.2 Å². The molecule has 1 atom stereocenters. The van der Waals surface area contributed by atoms with Crippen molar-refractivity contribution in [3.63, 3.8) is 0 Å². The SMILES string of the molecule is OC1(CNC2CCC(c3ccccc3)CC2)CCOC1. The highest BCUT2D eigenvalue weighted by Gasteiger charge is 2.33. The van der Waals surface area contributed by atoms with Crippen LogP contribution in [0.25, 0.3) is 0 Å². The zero-order chi connectivity index (χ0) is 13.8. The van der Waals surface area contributed by atoms with E-state index in [2.05, 4.69) is 35.6 Å². The molecule has 3 heteroatoms. The number of rotatable bonds is 4. The van der Waals surface area contributed by atoms with Crippen LogP contribution in [0.3, 0.4) is 0 Å². The largest absolute Gasteiger partial charge is 0.386 e. The molecule has 1 saturated heterocycles. The Hall–Kier alpha value is -0.900. The van der Waals surface area contributed by atoms with Gasteiger partial charge < -0.3 is 15.2 Å². The molecule has 0 bridgehead atoms. The van der Waals surface area contributed by atoms with Gasteiger partial charge in [0.25, 0.3) is 0 Å². The highest BCUT2D eigenvalue weighted by molar-refractivity contribution is 5.20. The van der Waals surface area contributed by atoms with Crippen LogP contribution >= 0.6 is 0 Å². The fraction of sp³-hybridized carbons (Fsp3) is 0.647. The third-order valence-corrected chi connectivity index (χ3v) is 4.80. The predicted octanol–water partition coefficient (Wildman–Crippen LogP) is 2.45. The molecule has 3 nitrogen and oxygen atoms in total. The van der Waals surface area contributed by atoms with Gasteiger partial charge in [0.2, 0.25) is 0 Å². The fourth-order valence-electron chi connectivity index (χ4n) is 3.43. The first-order valence-corrected chi connectivity index (χ1v) is 7.84.